The Morgan fingerprint density at radius 1 is 1.14 bits per heavy atom. The van der Waals surface area contributed by atoms with Gasteiger partial charge in [0.1, 0.15) is 0 Å². The molecule has 2 bridgehead atoms. The van der Waals surface area contributed by atoms with Crippen LogP contribution in [0.1, 0.15) is 37.8 Å². The topological polar surface area (TPSA) is 25.2 Å². The third-order valence-corrected chi connectivity index (χ3v) is 5.53. The smallest absolute Gasteiger partial charge is 0.258 e. The molecule has 3 nitrogen and oxygen atoms in total. The standard InChI is InChI=1S/C19H24N2O/c1-2-5-15-12-21(18-13-20-10-8-14(18)9-11-20)19(22)17-7-4-3-6-16(15)17/h3-4,6-7,12,14,18H,2,5,8-11,13H2,1H3/t18-/m1/s1. The Morgan fingerprint density at radius 3 is 2.50 bits per heavy atom. The summed E-state index contributed by atoms with van der Waals surface area (Å²) in [7, 11) is 0. The number of aromatic nitrogens is 1. The summed E-state index contributed by atoms with van der Waals surface area (Å²) in [6.45, 7) is 5.68. The molecule has 3 aliphatic heterocycles. The van der Waals surface area contributed by atoms with E-state index in [4.69, 9.17) is 0 Å². The molecule has 0 amide bonds. The summed E-state index contributed by atoms with van der Waals surface area (Å²) < 4.78 is 2.07. The van der Waals surface area contributed by atoms with Gasteiger partial charge >= 0.3 is 0 Å². The van der Waals surface area contributed by atoms with Crippen LogP contribution in [0.4, 0.5) is 0 Å². The zero-order chi connectivity index (χ0) is 15.1. The van der Waals surface area contributed by atoms with Gasteiger partial charge < -0.3 is 9.47 Å². The van der Waals surface area contributed by atoms with Crippen LogP contribution in [0.3, 0.4) is 0 Å². The summed E-state index contributed by atoms with van der Waals surface area (Å²) in [6.07, 6.45) is 6.81. The molecule has 3 aliphatic rings. The Hall–Kier alpha value is -1.61. The highest BCUT2D eigenvalue weighted by atomic mass is 16.1. The Labute approximate surface area is 131 Å². The first-order chi connectivity index (χ1) is 10.8. The van der Waals surface area contributed by atoms with Gasteiger partial charge in [-0.05, 0) is 55.3 Å². The summed E-state index contributed by atoms with van der Waals surface area (Å²) in [6, 6.07) is 8.49. The van der Waals surface area contributed by atoms with E-state index in [1.54, 1.807) is 0 Å². The average molecular weight is 296 g/mol. The van der Waals surface area contributed by atoms with Crippen LogP contribution in [0.2, 0.25) is 0 Å². The number of nitrogens with zero attached hydrogens (tertiary/aromatic N) is 2. The highest BCUT2D eigenvalue weighted by molar-refractivity contribution is 5.84. The van der Waals surface area contributed by atoms with E-state index in [-0.39, 0.29) is 5.56 Å². The Bertz CT molecular complexity index is 741. The fourth-order valence-electron chi connectivity index (χ4n) is 4.35. The van der Waals surface area contributed by atoms with Gasteiger partial charge in [0.15, 0.2) is 0 Å². The van der Waals surface area contributed by atoms with Crippen LogP contribution in [0.15, 0.2) is 35.3 Å². The van der Waals surface area contributed by atoms with E-state index in [2.05, 4.69) is 28.7 Å². The van der Waals surface area contributed by atoms with Crippen LogP contribution in [-0.2, 0) is 6.42 Å². The van der Waals surface area contributed by atoms with Crippen molar-refractivity contribution >= 4 is 10.8 Å². The largest absolute Gasteiger partial charge is 0.310 e. The molecule has 3 heteroatoms. The molecule has 22 heavy (non-hydrogen) atoms. The van der Waals surface area contributed by atoms with Crippen LogP contribution in [0, 0.1) is 5.92 Å². The van der Waals surface area contributed by atoms with Crippen LogP contribution in [0.5, 0.6) is 0 Å². The van der Waals surface area contributed by atoms with Gasteiger partial charge in [-0.25, -0.2) is 0 Å². The summed E-state index contributed by atoms with van der Waals surface area (Å²) >= 11 is 0. The van der Waals surface area contributed by atoms with E-state index in [9.17, 15) is 4.79 Å². The second-order valence-electron chi connectivity index (χ2n) is 6.87. The molecule has 1 atom stereocenters. The third-order valence-electron chi connectivity index (χ3n) is 5.53. The number of piperidine rings is 3. The minimum Gasteiger partial charge on any atom is -0.310 e. The van der Waals surface area contributed by atoms with Crippen molar-refractivity contribution in [2.75, 3.05) is 19.6 Å². The van der Waals surface area contributed by atoms with Gasteiger partial charge in [0.25, 0.3) is 5.56 Å². The lowest BCUT2D eigenvalue weighted by Gasteiger charge is -2.45. The molecule has 0 aliphatic carbocycles. The molecule has 4 heterocycles. The van der Waals surface area contributed by atoms with E-state index >= 15 is 0 Å². The molecule has 0 radical (unpaired) electrons. The first-order valence-corrected chi connectivity index (χ1v) is 8.63. The summed E-state index contributed by atoms with van der Waals surface area (Å²) in [5, 5.41) is 2.04. The molecule has 0 N–H and O–H groups in total. The van der Waals surface area contributed by atoms with E-state index in [0.717, 1.165) is 30.2 Å². The van der Waals surface area contributed by atoms with Gasteiger partial charge in [-0.2, -0.15) is 0 Å². The van der Waals surface area contributed by atoms with Gasteiger partial charge in [-0.3, -0.25) is 4.79 Å². The molecular weight excluding hydrogens is 272 g/mol. The van der Waals surface area contributed by atoms with E-state index in [1.807, 2.05) is 18.2 Å². The SMILES string of the molecule is CCCc1cn([C@@H]2CN3CCC2CC3)c(=O)c2ccccc12. The van der Waals surface area contributed by atoms with Crippen molar-refractivity contribution in [2.45, 2.75) is 38.6 Å². The number of rotatable bonds is 3. The summed E-state index contributed by atoms with van der Waals surface area (Å²) in [5.41, 5.74) is 1.53. The second kappa shape index (κ2) is 5.54. The predicted molar refractivity (Wildman–Crippen MR) is 90.4 cm³/mol. The molecule has 0 saturated carbocycles. The van der Waals surface area contributed by atoms with Crippen molar-refractivity contribution in [1.29, 1.82) is 0 Å². The van der Waals surface area contributed by atoms with Crippen molar-refractivity contribution in [2.24, 2.45) is 5.92 Å². The van der Waals surface area contributed by atoms with Crippen LogP contribution in [-0.4, -0.2) is 29.1 Å². The molecule has 116 valence electrons. The van der Waals surface area contributed by atoms with Crippen molar-refractivity contribution in [3.05, 3.63) is 46.4 Å². The van der Waals surface area contributed by atoms with Crippen molar-refractivity contribution < 1.29 is 0 Å². The minimum atomic E-state index is 0.203. The van der Waals surface area contributed by atoms with Gasteiger partial charge in [-0.1, -0.05) is 31.5 Å². The normalized spacial score (nSPS) is 27.4. The second-order valence-corrected chi connectivity index (χ2v) is 6.87. The predicted octanol–water partition coefficient (Wildman–Crippen LogP) is 3.22. The molecule has 0 spiro atoms. The molecule has 1 aromatic heterocycles. The van der Waals surface area contributed by atoms with Gasteiger partial charge in [0.05, 0.1) is 6.04 Å². The fourth-order valence-corrected chi connectivity index (χ4v) is 4.35. The van der Waals surface area contributed by atoms with Gasteiger partial charge in [-0.15, -0.1) is 0 Å². The summed E-state index contributed by atoms with van der Waals surface area (Å²) in [4.78, 5) is 15.5. The van der Waals surface area contributed by atoms with Crippen LogP contribution in [0.25, 0.3) is 10.8 Å². The molecule has 2 aromatic rings. The van der Waals surface area contributed by atoms with E-state index < -0.39 is 0 Å². The van der Waals surface area contributed by atoms with Crippen molar-refractivity contribution in [3.8, 4) is 0 Å². The Kier molecular flexibility index (Phi) is 3.53. The Balaban J connectivity index is 1.87. The van der Waals surface area contributed by atoms with Crippen LogP contribution >= 0.6 is 0 Å². The molecule has 5 rings (SSSR count). The number of pyridine rings is 1. The van der Waals surface area contributed by atoms with Crippen LogP contribution < -0.4 is 5.56 Å². The molecular formula is C19H24N2O. The quantitative estimate of drug-likeness (QED) is 0.869. The monoisotopic (exact) mass is 296 g/mol. The number of aryl methyl sites for hydroxylation is 1. The number of benzene rings is 1. The zero-order valence-electron chi connectivity index (χ0n) is 13.3. The maximum absolute atomic E-state index is 13.0. The third kappa shape index (κ3) is 2.19. The number of hydrogen-bond donors (Lipinski definition) is 0. The highest BCUT2D eigenvalue weighted by Gasteiger charge is 2.35. The first kappa shape index (κ1) is 14.0. The maximum atomic E-state index is 13.0. The van der Waals surface area contributed by atoms with E-state index in [0.29, 0.717) is 12.0 Å². The first-order valence-electron chi connectivity index (χ1n) is 8.63. The van der Waals surface area contributed by atoms with Crippen molar-refractivity contribution in [1.82, 2.24) is 9.47 Å². The molecule has 1 aromatic carbocycles. The lowest BCUT2D eigenvalue weighted by Crippen LogP contribution is -2.50. The minimum absolute atomic E-state index is 0.203. The molecule has 3 fully saturated rings. The maximum Gasteiger partial charge on any atom is 0.258 e. The summed E-state index contributed by atoms with van der Waals surface area (Å²) in [5.74, 6) is 0.679. The van der Waals surface area contributed by atoms with Crippen molar-refractivity contribution in [3.63, 3.8) is 0 Å². The highest BCUT2D eigenvalue weighted by Crippen LogP contribution is 2.35. The Morgan fingerprint density at radius 2 is 1.86 bits per heavy atom. The number of hydrogen-bond acceptors (Lipinski definition) is 2. The zero-order valence-corrected chi connectivity index (χ0v) is 13.3. The lowest BCUT2D eigenvalue weighted by atomic mass is 9.83. The van der Waals surface area contributed by atoms with E-state index in [1.165, 1.54) is 31.5 Å². The fraction of sp³-hybridized carbons (Fsp3) is 0.526. The van der Waals surface area contributed by atoms with Gasteiger partial charge in [0.2, 0.25) is 0 Å². The van der Waals surface area contributed by atoms with Gasteiger partial charge in [0, 0.05) is 18.1 Å². The number of fused-ring (bicyclic) bond motifs is 4. The lowest BCUT2D eigenvalue weighted by molar-refractivity contribution is 0.0555. The molecule has 3 saturated heterocycles. The molecule has 0 unspecified atom stereocenters. The average Bonchev–Trinajstić information content (AvgIpc) is 2.58.